The van der Waals surface area contributed by atoms with Crippen molar-refractivity contribution in [2.75, 3.05) is 19.6 Å². The number of hydrogen-bond acceptors (Lipinski definition) is 3. The molecule has 102 valence electrons. The summed E-state index contributed by atoms with van der Waals surface area (Å²) in [6.07, 6.45) is 6.51. The van der Waals surface area contributed by atoms with Crippen LogP contribution in [-0.4, -0.2) is 35.7 Å². The topological polar surface area (TPSA) is 15.6 Å². The number of thiocarbonyl (C=S) groups is 1. The van der Waals surface area contributed by atoms with E-state index in [0.717, 1.165) is 13.1 Å². The van der Waals surface area contributed by atoms with E-state index in [0.29, 0.717) is 6.04 Å². The third kappa shape index (κ3) is 5.23. The first-order valence-electron chi connectivity index (χ1n) is 7.22. The Hall–Kier alpha value is -1.02. The van der Waals surface area contributed by atoms with Crippen LogP contribution < -0.4 is 0 Å². The third-order valence-electron chi connectivity index (χ3n) is 3.71. The largest absolute Gasteiger partial charge is 0.299 e. The fourth-order valence-corrected chi connectivity index (χ4v) is 2.69. The molecule has 0 radical (unpaired) electrons. The van der Waals surface area contributed by atoms with E-state index in [1.807, 2.05) is 0 Å². The van der Waals surface area contributed by atoms with Crippen LogP contribution in [0.2, 0.25) is 0 Å². The van der Waals surface area contributed by atoms with Crippen LogP contribution in [0.3, 0.4) is 0 Å². The van der Waals surface area contributed by atoms with Gasteiger partial charge < -0.3 is 0 Å². The lowest BCUT2D eigenvalue weighted by Gasteiger charge is -2.36. The van der Waals surface area contributed by atoms with Crippen molar-refractivity contribution in [3.8, 4) is 0 Å². The summed E-state index contributed by atoms with van der Waals surface area (Å²) in [5, 5.41) is 2.47. The molecule has 0 unspecified atom stereocenters. The van der Waals surface area contributed by atoms with Crippen molar-refractivity contribution >= 4 is 17.4 Å². The van der Waals surface area contributed by atoms with Gasteiger partial charge in [0.1, 0.15) is 0 Å². The molecular formula is C16H22N2S. The van der Waals surface area contributed by atoms with Crippen LogP contribution in [0.1, 0.15) is 31.2 Å². The summed E-state index contributed by atoms with van der Waals surface area (Å²) >= 11 is 4.61. The van der Waals surface area contributed by atoms with Gasteiger partial charge in [-0.2, -0.15) is 0 Å². The molecule has 0 aromatic heterocycles. The molecule has 0 N–H and O–H groups in total. The number of benzene rings is 1. The Labute approximate surface area is 121 Å². The van der Waals surface area contributed by atoms with Gasteiger partial charge in [-0.15, -0.1) is 0 Å². The minimum Gasteiger partial charge on any atom is -0.299 e. The van der Waals surface area contributed by atoms with E-state index >= 15 is 0 Å². The number of rotatable bonds is 8. The second-order valence-corrected chi connectivity index (χ2v) is 5.47. The van der Waals surface area contributed by atoms with Gasteiger partial charge >= 0.3 is 0 Å². The predicted molar refractivity (Wildman–Crippen MR) is 83.9 cm³/mol. The number of nitrogens with zero attached hydrogens (tertiary/aromatic N) is 2. The Balaban J connectivity index is 1.44. The maximum absolute atomic E-state index is 4.61. The summed E-state index contributed by atoms with van der Waals surface area (Å²) in [5.41, 5.74) is 1.46. The molecule has 1 fully saturated rings. The fourth-order valence-electron chi connectivity index (χ4n) is 2.54. The normalized spacial score (nSPS) is 15.8. The number of unbranched alkanes of at least 4 members (excludes halogenated alkanes) is 3. The number of aliphatic imine (C=N–C) groups is 1. The Morgan fingerprint density at radius 3 is 2.58 bits per heavy atom. The van der Waals surface area contributed by atoms with Crippen molar-refractivity contribution in [2.45, 2.75) is 38.1 Å². The molecular weight excluding hydrogens is 252 g/mol. The standard InChI is InChI=1S/C16H22N2S/c19-14-17-16-12-18(13-16)11-7-2-1-4-8-15-9-5-3-6-10-15/h3,5-6,9-10,16H,1-2,4,7-8,11-13H2. The first-order valence-corrected chi connectivity index (χ1v) is 7.62. The van der Waals surface area contributed by atoms with Gasteiger partial charge in [0.15, 0.2) is 0 Å². The summed E-state index contributed by atoms with van der Waals surface area (Å²) in [5.74, 6) is 0. The molecule has 0 atom stereocenters. The zero-order chi connectivity index (χ0) is 13.3. The van der Waals surface area contributed by atoms with E-state index < -0.39 is 0 Å². The molecule has 0 aliphatic carbocycles. The molecule has 19 heavy (non-hydrogen) atoms. The third-order valence-corrected chi connectivity index (χ3v) is 3.81. The predicted octanol–water partition coefficient (Wildman–Crippen LogP) is 3.58. The van der Waals surface area contributed by atoms with E-state index in [1.54, 1.807) is 0 Å². The van der Waals surface area contributed by atoms with Crippen molar-refractivity contribution in [3.05, 3.63) is 35.9 Å². The fraction of sp³-hybridized carbons (Fsp3) is 0.562. The SMILES string of the molecule is S=C=NC1CN(CCCCCCc2ccccc2)C1. The van der Waals surface area contributed by atoms with Crippen LogP contribution in [0.5, 0.6) is 0 Å². The highest BCUT2D eigenvalue weighted by atomic mass is 32.1. The summed E-state index contributed by atoms with van der Waals surface area (Å²) in [6.45, 7) is 3.37. The summed E-state index contributed by atoms with van der Waals surface area (Å²) in [4.78, 5) is 6.55. The molecule has 0 bridgehead atoms. The number of aryl methyl sites for hydroxylation is 1. The highest BCUT2D eigenvalue weighted by molar-refractivity contribution is 7.78. The van der Waals surface area contributed by atoms with Crippen LogP contribution in [-0.2, 0) is 6.42 Å². The molecule has 1 saturated heterocycles. The van der Waals surface area contributed by atoms with Gasteiger partial charge in [-0.05, 0) is 43.6 Å². The molecule has 1 aromatic rings. The quantitative estimate of drug-likeness (QED) is 0.409. The van der Waals surface area contributed by atoms with E-state index in [2.05, 4.69) is 57.6 Å². The Morgan fingerprint density at radius 2 is 1.84 bits per heavy atom. The molecule has 2 nitrogen and oxygen atoms in total. The van der Waals surface area contributed by atoms with Crippen molar-refractivity contribution in [2.24, 2.45) is 4.99 Å². The first kappa shape index (κ1) is 14.4. The van der Waals surface area contributed by atoms with Gasteiger partial charge in [0.25, 0.3) is 0 Å². The first-order chi connectivity index (χ1) is 9.38. The lowest BCUT2D eigenvalue weighted by Crippen LogP contribution is -2.49. The highest BCUT2D eigenvalue weighted by Gasteiger charge is 2.24. The lowest BCUT2D eigenvalue weighted by atomic mass is 10.1. The number of isothiocyanates is 1. The molecule has 1 aromatic carbocycles. The van der Waals surface area contributed by atoms with Crippen molar-refractivity contribution in [1.82, 2.24) is 4.90 Å². The molecule has 0 spiro atoms. The van der Waals surface area contributed by atoms with Crippen molar-refractivity contribution in [1.29, 1.82) is 0 Å². The highest BCUT2D eigenvalue weighted by Crippen LogP contribution is 2.13. The second kappa shape index (κ2) is 8.21. The second-order valence-electron chi connectivity index (χ2n) is 5.28. The summed E-state index contributed by atoms with van der Waals surface area (Å²) < 4.78 is 0. The molecule has 1 aliphatic heterocycles. The average molecular weight is 274 g/mol. The van der Waals surface area contributed by atoms with Crippen molar-refractivity contribution < 1.29 is 0 Å². The van der Waals surface area contributed by atoms with E-state index in [-0.39, 0.29) is 0 Å². The van der Waals surface area contributed by atoms with Gasteiger partial charge in [0, 0.05) is 13.1 Å². The van der Waals surface area contributed by atoms with Gasteiger partial charge in [-0.25, -0.2) is 4.99 Å². The molecule has 0 saturated carbocycles. The molecule has 2 rings (SSSR count). The maximum Gasteiger partial charge on any atom is 0.0856 e. The Bertz CT molecular complexity index is 406. The van der Waals surface area contributed by atoms with E-state index in [4.69, 9.17) is 0 Å². The van der Waals surface area contributed by atoms with Crippen LogP contribution in [0, 0.1) is 0 Å². The summed E-state index contributed by atoms with van der Waals surface area (Å²) in [7, 11) is 0. The number of hydrogen-bond donors (Lipinski definition) is 0. The zero-order valence-corrected chi connectivity index (χ0v) is 12.2. The zero-order valence-electron chi connectivity index (χ0n) is 11.4. The van der Waals surface area contributed by atoms with Crippen LogP contribution in [0.15, 0.2) is 35.3 Å². The van der Waals surface area contributed by atoms with Gasteiger partial charge in [0.05, 0.1) is 11.2 Å². The van der Waals surface area contributed by atoms with Gasteiger partial charge in [-0.3, -0.25) is 4.90 Å². The molecule has 1 aliphatic rings. The Morgan fingerprint density at radius 1 is 1.11 bits per heavy atom. The van der Waals surface area contributed by atoms with Gasteiger partial charge in [-0.1, -0.05) is 43.2 Å². The lowest BCUT2D eigenvalue weighted by molar-refractivity contribution is 0.149. The monoisotopic (exact) mass is 274 g/mol. The molecule has 0 amide bonds. The maximum atomic E-state index is 4.61. The minimum atomic E-state index is 0.426. The van der Waals surface area contributed by atoms with Crippen LogP contribution in [0.4, 0.5) is 0 Å². The average Bonchev–Trinajstić information content (AvgIpc) is 2.40. The summed E-state index contributed by atoms with van der Waals surface area (Å²) in [6, 6.07) is 11.2. The smallest absolute Gasteiger partial charge is 0.0856 e. The van der Waals surface area contributed by atoms with Crippen molar-refractivity contribution in [3.63, 3.8) is 0 Å². The molecule has 3 heteroatoms. The van der Waals surface area contributed by atoms with Crippen LogP contribution in [0.25, 0.3) is 0 Å². The number of likely N-dealkylation sites (tertiary alicyclic amines) is 1. The van der Waals surface area contributed by atoms with E-state index in [1.165, 1.54) is 44.2 Å². The van der Waals surface area contributed by atoms with Crippen LogP contribution >= 0.6 is 12.2 Å². The minimum absolute atomic E-state index is 0.426. The van der Waals surface area contributed by atoms with E-state index in [9.17, 15) is 0 Å². The van der Waals surface area contributed by atoms with Gasteiger partial charge in [0.2, 0.25) is 0 Å². The molecule has 1 heterocycles. The Kier molecular flexibility index (Phi) is 6.22.